The highest BCUT2D eigenvalue weighted by atomic mass is 35.5. The molecule has 0 bridgehead atoms. The van der Waals surface area contributed by atoms with Gasteiger partial charge in [-0.15, -0.1) is 0 Å². The molecule has 0 aliphatic carbocycles. The number of aromatic nitrogens is 2. The van der Waals surface area contributed by atoms with Crippen LogP contribution in [0.5, 0.6) is 11.5 Å². The Bertz CT molecular complexity index is 1780. The number of carbonyl (C=O) groups excluding carboxylic acids is 1. The molecule has 1 aromatic heterocycles. The fourth-order valence-electron chi connectivity index (χ4n) is 4.21. The molecule has 1 amide bonds. The summed E-state index contributed by atoms with van der Waals surface area (Å²) in [5.74, 6) is 0.865. The van der Waals surface area contributed by atoms with Crippen molar-refractivity contribution < 1.29 is 23.0 Å². The van der Waals surface area contributed by atoms with Crippen molar-refractivity contribution in [1.29, 1.82) is 0 Å². The van der Waals surface area contributed by atoms with Gasteiger partial charge in [0, 0.05) is 29.6 Å². The summed E-state index contributed by atoms with van der Waals surface area (Å²) in [5.41, 5.74) is 2.78. The number of nitrogens with one attached hydrogen (secondary N) is 3. The molecule has 0 aliphatic rings. The van der Waals surface area contributed by atoms with Gasteiger partial charge in [0.2, 0.25) is 5.91 Å². The minimum Gasteiger partial charge on any atom is -0.755 e. The zero-order valence-corrected chi connectivity index (χ0v) is 24.6. The molecule has 0 spiro atoms. The van der Waals surface area contributed by atoms with Crippen LogP contribution in [0.3, 0.4) is 0 Å². The highest BCUT2D eigenvalue weighted by Gasteiger charge is 2.21. The molecule has 0 fully saturated rings. The van der Waals surface area contributed by atoms with E-state index in [0.29, 0.717) is 44.6 Å². The summed E-state index contributed by atoms with van der Waals surface area (Å²) in [7, 11) is 3.06. The first-order valence-corrected chi connectivity index (χ1v) is 14.3. The highest BCUT2D eigenvalue weighted by Crippen LogP contribution is 2.36. The third-order valence-electron chi connectivity index (χ3n) is 6.19. The van der Waals surface area contributed by atoms with Gasteiger partial charge in [0.05, 0.1) is 59.5 Å². The van der Waals surface area contributed by atoms with E-state index in [0.717, 1.165) is 4.31 Å². The molecule has 1 atom stereocenters. The standard InChI is InChI=1S/C30H27ClN6O5S/c1-41-22-15-20(16-23(17-22)42-2)34-29-30(36-27-13-6-5-12-26(27)35-29)37(43(39)40)21-9-7-8-19(14-21)33-28(38)18-32-25-11-4-3-10-24(25)31/h3-17,32H,18H2,1-2H3,(H,33,38)(H,34,35)(H,39,40)/p-1. The second kappa shape index (κ2) is 13.4. The number of hydrogen-bond acceptors (Lipinski definition) is 9. The van der Waals surface area contributed by atoms with Crippen LogP contribution in [0.15, 0.2) is 91.0 Å². The third-order valence-corrected chi connectivity index (χ3v) is 7.20. The Morgan fingerprint density at radius 2 is 1.56 bits per heavy atom. The molecular formula is C30H26ClN6O5S-. The minimum absolute atomic E-state index is 0.0117. The monoisotopic (exact) mass is 617 g/mol. The first kappa shape index (κ1) is 29.6. The predicted octanol–water partition coefficient (Wildman–Crippen LogP) is 6.03. The Kier molecular flexibility index (Phi) is 9.20. The maximum absolute atomic E-state index is 12.7. The smallest absolute Gasteiger partial charge is 0.243 e. The number of nitrogens with zero attached hydrogens (tertiary/aromatic N) is 3. The molecule has 220 valence electrons. The summed E-state index contributed by atoms with van der Waals surface area (Å²) < 4.78 is 37.2. The van der Waals surface area contributed by atoms with Crippen molar-refractivity contribution in [3.05, 3.63) is 96.0 Å². The Hall–Kier alpha value is -4.91. The van der Waals surface area contributed by atoms with Gasteiger partial charge in [-0.3, -0.25) is 13.3 Å². The number of anilines is 6. The van der Waals surface area contributed by atoms with E-state index in [1.165, 1.54) is 20.3 Å². The maximum Gasteiger partial charge on any atom is 0.243 e. The second-order valence-electron chi connectivity index (χ2n) is 9.05. The van der Waals surface area contributed by atoms with Crippen molar-refractivity contribution in [2.24, 2.45) is 0 Å². The van der Waals surface area contributed by atoms with Crippen molar-refractivity contribution in [1.82, 2.24) is 9.97 Å². The van der Waals surface area contributed by atoms with Crippen LogP contribution in [-0.4, -0.2) is 45.4 Å². The molecular weight excluding hydrogens is 592 g/mol. The van der Waals surface area contributed by atoms with E-state index in [4.69, 9.17) is 21.1 Å². The number of halogens is 1. The lowest BCUT2D eigenvalue weighted by molar-refractivity contribution is -0.114. The van der Waals surface area contributed by atoms with Crippen molar-refractivity contribution >= 4 is 74.2 Å². The van der Waals surface area contributed by atoms with Gasteiger partial charge < -0.3 is 30.0 Å². The van der Waals surface area contributed by atoms with Gasteiger partial charge in [-0.25, -0.2) is 9.97 Å². The van der Waals surface area contributed by atoms with E-state index >= 15 is 0 Å². The molecule has 3 N–H and O–H groups in total. The Labute approximate surface area is 255 Å². The number of ether oxygens (including phenoxy) is 2. The van der Waals surface area contributed by atoms with Crippen molar-refractivity contribution in [3.8, 4) is 11.5 Å². The predicted molar refractivity (Wildman–Crippen MR) is 168 cm³/mol. The maximum atomic E-state index is 12.7. The van der Waals surface area contributed by atoms with Crippen LogP contribution in [0.2, 0.25) is 5.02 Å². The number of amides is 1. The van der Waals surface area contributed by atoms with E-state index in [1.54, 1.807) is 78.9 Å². The molecule has 0 radical (unpaired) electrons. The van der Waals surface area contributed by atoms with Crippen molar-refractivity contribution in [2.75, 3.05) is 41.0 Å². The van der Waals surface area contributed by atoms with Crippen LogP contribution in [0.4, 0.5) is 34.4 Å². The first-order valence-electron chi connectivity index (χ1n) is 12.9. The first-order chi connectivity index (χ1) is 20.8. The van der Waals surface area contributed by atoms with Crippen molar-refractivity contribution in [2.45, 2.75) is 0 Å². The Morgan fingerprint density at radius 1 is 0.884 bits per heavy atom. The zero-order chi connectivity index (χ0) is 30.3. The second-order valence-corrected chi connectivity index (χ2v) is 10.3. The number of benzene rings is 4. The molecule has 43 heavy (non-hydrogen) atoms. The topological polar surface area (TPSA) is 141 Å². The summed E-state index contributed by atoms with van der Waals surface area (Å²) >= 11 is 3.33. The molecule has 5 rings (SSSR count). The van der Waals surface area contributed by atoms with E-state index in [1.807, 2.05) is 6.07 Å². The summed E-state index contributed by atoms with van der Waals surface area (Å²) in [6, 6.07) is 25.7. The van der Waals surface area contributed by atoms with E-state index in [9.17, 15) is 13.6 Å². The number of fused-ring (bicyclic) bond motifs is 1. The van der Waals surface area contributed by atoms with Crippen LogP contribution >= 0.6 is 11.6 Å². The van der Waals surface area contributed by atoms with Gasteiger partial charge in [0.15, 0.2) is 11.6 Å². The zero-order valence-electron chi connectivity index (χ0n) is 23.0. The highest BCUT2D eigenvalue weighted by molar-refractivity contribution is 7.81. The van der Waals surface area contributed by atoms with Crippen LogP contribution in [0.25, 0.3) is 11.0 Å². The fourth-order valence-corrected chi connectivity index (χ4v) is 4.96. The van der Waals surface area contributed by atoms with Crippen LogP contribution < -0.4 is 29.7 Å². The fraction of sp³-hybridized carbons (Fsp3) is 0.100. The van der Waals surface area contributed by atoms with Gasteiger partial charge in [-0.1, -0.05) is 41.9 Å². The summed E-state index contributed by atoms with van der Waals surface area (Å²) in [6.07, 6.45) is 0. The van der Waals surface area contributed by atoms with Crippen molar-refractivity contribution in [3.63, 3.8) is 0 Å². The molecule has 5 aromatic rings. The lowest BCUT2D eigenvalue weighted by Crippen LogP contribution is -2.24. The van der Waals surface area contributed by atoms with E-state index in [-0.39, 0.29) is 29.8 Å². The Morgan fingerprint density at radius 3 is 2.23 bits per heavy atom. The van der Waals surface area contributed by atoms with Gasteiger partial charge >= 0.3 is 0 Å². The van der Waals surface area contributed by atoms with Gasteiger partial charge in [-0.05, 0) is 42.5 Å². The SMILES string of the molecule is COc1cc(Nc2nc3ccccc3nc2N(c2cccc(NC(=O)CNc3ccccc3Cl)c2)S(=O)[O-])cc(OC)c1. The van der Waals surface area contributed by atoms with Gasteiger partial charge in [0.25, 0.3) is 0 Å². The number of carbonyl (C=O) groups is 1. The lowest BCUT2D eigenvalue weighted by atomic mass is 10.2. The number of para-hydroxylation sites is 3. The number of hydrogen-bond donors (Lipinski definition) is 3. The third kappa shape index (κ3) is 7.12. The molecule has 4 aromatic carbocycles. The van der Waals surface area contributed by atoms with Gasteiger partial charge in [0.1, 0.15) is 11.5 Å². The van der Waals surface area contributed by atoms with Crippen LogP contribution in [-0.2, 0) is 16.1 Å². The van der Waals surface area contributed by atoms with Gasteiger partial charge in [-0.2, -0.15) is 0 Å². The quantitative estimate of drug-likeness (QED) is 0.152. The molecule has 13 heteroatoms. The average molecular weight is 618 g/mol. The summed E-state index contributed by atoms with van der Waals surface area (Å²) in [6.45, 7) is -0.0562. The molecule has 0 saturated heterocycles. The largest absolute Gasteiger partial charge is 0.755 e. The van der Waals surface area contributed by atoms with E-state index in [2.05, 4.69) is 25.9 Å². The summed E-state index contributed by atoms with van der Waals surface area (Å²) in [5, 5.41) is 9.41. The normalized spacial score (nSPS) is 11.4. The number of methoxy groups -OCH3 is 2. The van der Waals surface area contributed by atoms with Crippen LogP contribution in [0.1, 0.15) is 0 Å². The Balaban J connectivity index is 1.48. The molecule has 0 aliphatic heterocycles. The minimum atomic E-state index is -2.83. The van der Waals surface area contributed by atoms with E-state index < -0.39 is 11.3 Å². The number of rotatable bonds is 11. The molecule has 11 nitrogen and oxygen atoms in total. The molecule has 0 saturated carbocycles. The molecule has 1 heterocycles. The molecule has 1 unspecified atom stereocenters. The summed E-state index contributed by atoms with van der Waals surface area (Å²) in [4.78, 5) is 22.0. The van der Waals surface area contributed by atoms with Crippen LogP contribution in [0, 0.1) is 0 Å². The average Bonchev–Trinajstić information content (AvgIpc) is 3.00. The lowest BCUT2D eigenvalue weighted by Gasteiger charge is -2.27.